The number of carbonyl (C=O) groups excluding carboxylic acids is 1. The zero-order valence-corrected chi connectivity index (χ0v) is 16.4. The standard InChI is InChI=1S/C20H32BN3O3/c1-13-4-3-5-16-11-18(21(26)27-20(13)16)24-19(25)10-15-6-8-17(9-7-15)23-12-14(2)22/h3-5,14-15,17-18,23,26H,6-12,22H2,1-2H3,(H,24,25)/t14-,15-,17-,18-/m0/s1. The van der Waals surface area contributed by atoms with E-state index in [2.05, 4.69) is 10.6 Å². The molecule has 148 valence electrons. The summed E-state index contributed by atoms with van der Waals surface area (Å²) in [6.07, 6.45) is 5.40. The number of hydrogen-bond donors (Lipinski definition) is 4. The smallest absolute Gasteiger partial charge is 0.534 e. The highest BCUT2D eigenvalue weighted by atomic mass is 16.5. The maximum Gasteiger partial charge on any atom is 0.547 e. The van der Waals surface area contributed by atoms with Crippen LogP contribution in [0.3, 0.4) is 0 Å². The fourth-order valence-electron chi connectivity index (χ4n) is 4.16. The topological polar surface area (TPSA) is 96.6 Å². The van der Waals surface area contributed by atoms with Gasteiger partial charge in [-0.3, -0.25) is 4.79 Å². The van der Waals surface area contributed by atoms with Gasteiger partial charge in [0.15, 0.2) is 0 Å². The van der Waals surface area contributed by atoms with Crippen molar-refractivity contribution in [1.82, 2.24) is 10.6 Å². The van der Waals surface area contributed by atoms with Gasteiger partial charge in [-0.15, -0.1) is 0 Å². The van der Waals surface area contributed by atoms with Crippen molar-refractivity contribution < 1.29 is 14.5 Å². The molecule has 27 heavy (non-hydrogen) atoms. The molecule has 0 saturated heterocycles. The van der Waals surface area contributed by atoms with Crippen molar-refractivity contribution in [3.63, 3.8) is 0 Å². The predicted octanol–water partition coefficient (Wildman–Crippen LogP) is 1.32. The van der Waals surface area contributed by atoms with Crippen LogP contribution in [0.15, 0.2) is 18.2 Å². The number of nitrogens with one attached hydrogen (secondary N) is 2. The number of aryl methyl sites for hydroxylation is 1. The first-order valence-electron chi connectivity index (χ1n) is 10.1. The van der Waals surface area contributed by atoms with E-state index in [1.807, 2.05) is 32.0 Å². The molecule has 1 amide bonds. The molecule has 2 atom stereocenters. The second kappa shape index (κ2) is 9.08. The van der Waals surface area contributed by atoms with Gasteiger partial charge >= 0.3 is 7.12 Å². The van der Waals surface area contributed by atoms with E-state index in [0.29, 0.717) is 24.8 Å². The van der Waals surface area contributed by atoms with Gasteiger partial charge in [0, 0.05) is 25.0 Å². The third kappa shape index (κ3) is 5.47. The molecule has 1 aliphatic heterocycles. The Bertz CT molecular complexity index is 647. The number of carbonyl (C=O) groups is 1. The lowest BCUT2D eigenvalue weighted by Crippen LogP contribution is -2.53. The average Bonchev–Trinajstić information content (AvgIpc) is 2.62. The van der Waals surface area contributed by atoms with Crippen molar-refractivity contribution in [2.75, 3.05) is 6.54 Å². The van der Waals surface area contributed by atoms with E-state index < -0.39 is 13.1 Å². The van der Waals surface area contributed by atoms with E-state index in [0.717, 1.165) is 49.1 Å². The lowest BCUT2D eigenvalue weighted by atomic mass is 9.72. The fourth-order valence-corrected chi connectivity index (χ4v) is 4.16. The molecule has 0 bridgehead atoms. The largest absolute Gasteiger partial charge is 0.547 e. The first kappa shape index (κ1) is 20.2. The molecule has 1 aromatic carbocycles. The Morgan fingerprint density at radius 1 is 1.37 bits per heavy atom. The molecular formula is C20H32BN3O3. The number of fused-ring (bicyclic) bond motifs is 1. The van der Waals surface area contributed by atoms with Gasteiger partial charge in [0.2, 0.25) is 5.91 Å². The molecule has 1 heterocycles. The lowest BCUT2D eigenvalue weighted by Gasteiger charge is -2.31. The van der Waals surface area contributed by atoms with Crippen LogP contribution in [0.1, 0.15) is 50.2 Å². The first-order valence-corrected chi connectivity index (χ1v) is 10.1. The quantitative estimate of drug-likeness (QED) is 0.564. The molecule has 1 aromatic rings. The normalized spacial score (nSPS) is 26.1. The fraction of sp³-hybridized carbons (Fsp3) is 0.650. The number of amides is 1. The molecule has 1 aliphatic carbocycles. The molecule has 7 heteroatoms. The summed E-state index contributed by atoms with van der Waals surface area (Å²) >= 11 is 0. The molecule has 2 aliphatic rings. The Kier molecular flexibility index (Phi) is 6.79. The highest BCUT2D eigenvalue weighted by Crippen LogP contribution is 2.30. The summed E-state index contributed by atoms with van der Waals surface area (Å²) in [6.45, 7) is 4.81. The van der Waals surface area contributed by atoms with Crippen molar-refractivity contribution in [1.29, 1.82) is 0 Å². The zero-order valence-electron chi connectivity index (χ0n) is 16.4. The van der Waals surface area contributed by atoms with Crippen LogP contribution in [0.25, 0.3) is 0 Å². The van der Waals surface area contributed by atoms with Crippen molar-refractivity contribution in [3.05, 3.63) is 29.3 Å². The molecule has 1 saturated carbocycles. The van der Waals surface area contributed by atoms with Gasteiger partial charge in [0.05, 0.1) is 5.94 Å². The van der Waals surface area contributed by atoms with Crippen LogP contribution in [0.4, 0.5) is 0 Å². The van der Waals surface area contributed by atoms with Crippen molar-refractivity contribution in [3.8, 4) is 5.75 Å². The van der Waals surface area contributed by atoms with E-state index in [-0.39, 0.29) is 11.9 Å². The van der Waals surface area contributed by atoms with E-state index >= 15 is 0 Å². The number of para-hydroxylation sites is 1. The molecule has 1 fully saturated rings. The minimum atomic E-state index is -0.999. The van der Waals surface area contributed by atoms with Gasteiger partial charge in [-0.05, 0) is 63.0 Å². The summed E-state index contributed by atoms with van der Waals surface area (Å²) in [5, 5.41) is 16.8. The Hall–Kier alpha value is -1.57. The van der Waals surface area contributed by atoms with E-state index in [4.69, 9.17) is 10.4 Å². The number of hydrogen-bond acceptors (Lipinski definition) is 5. The number of nitrogens with two attached hydrogens (primary N) is 1. The molecule has 5 N–H and O–H groups in total. The SMILES string of the molecule is Cc1cccc2c1OB(O)[C@@H](NC(=O)C[C@H]1CC[C@H](NC[C@H](C)N)CC1)C2. The maximum absolute atomic E-state index is 12.5. The number of rotatable bonds is 6. The maximum atomic E-state index is 12.5. The molecule has 6 nitrogen and oxygen atoms in total. The average molecular weight is 373 g/mol. The van der Waals surface area contributed by atoms with Crippen molar-refractivity contribution in [2.24, 2.45) is 11.7 Å². The minimum absolute atomic E-state index is 0.00532. The monoisotopic (exact) mass is 373 g/mol. The Morgan fingerprint density at radius 2 is 2.11 bits per heavy atom. The lowest BCUT2D eigenvalue weighted by molar-refractivity contribution is -0.122. The molecular weight excluding hydrogens is 341 g/mol. The second-order valence-corrected chi connectivity index (χ2v) is 8.26. The van der Waals surface area contributed by atoms with Gasteiger partial charge < -0.3 is 26.0 Å². The second-order valence-electron chi connectivity index (χ2n) is 8.26. The van der Waals surface area contributed by atoms with Crippen LogP contribution in [0.5, 0.6) is 5.75 Å². The van der Waals surface area contributed by atoms with Crippen molar-refractivity contribution in [2.45, 2.75) is 70.4 Å². The molecule has 0 spiro atoms. The van der Waals surface area contributed by atoms with Crippen molar-refractivity contribution >= 4 is 13.0 Å². The summed E-state index contributed by atoms with van der Waals surface area (Å²) in [5.74, 6) is 0.768. The van der Waals surface area contributed by atoms with Gasteiger partial charge in [0.25, 0.3) is 0 Å². The highest BCUT2D eigenvalue weighted by Gasteiger charge is 2.36. The van der Waals surface area contributed by atoms with Gasteiger partial charge in [-0.1, -0.05) is 18.2 Å². The van der Waals surface area contributed by atoms with Crippen LogP contribution in [0.2, 0.25) is 0 Å². The zero-order chi connectivity index (χ0) is 19.4. The van der Waals surface area contributed by atoms with Gasteiger partial charge in [0.1, 0.15) is 5.75 Å². The van der Waals surface area contributed by atoms with E-state index in [1.165, 1.54) is 0 Å². The first-order chi connectivity index (χ1) is 12.9. The van der Waals surface area contributed by atoms with Crippen LogP contribution >= 0.6 is 0 Å². The minimum Gasteiger partial charge on any atom is -0.534 e. The highest BCUT2D eigenvalue weighted by molar-refractivity contribution is 6.46. The Balaban J connectivity index is 1.45. The van der Waals surface area contributed by atoms with Gasteiger partial charge in [-0.25, -0.2) is 0 Å². The van der Waals surface area contributed by atoms with E-state index in [1.54, 1.807) is 0 Å². The summed E-state index contributed by atoms with van der Waals surface area (Å²) in [4.78, 5) is 12.5. The Morgan fingerprint density at radius 3 is 2.81 bits per heavy atom. The third-order valence-corrected chi connectivity index (χ3v) is 5.71. The van der Waals surface area contributed by atoms with Crippen LogP contribution in [-0.4, -0.2) is 42.6 Å². The molecule has 0 radical (unpaired) electrons. The molecule has 0 aromatic heterocycles. The van der Waals surface area contributed by atoms with E-state index in [9.17, 15) is 9.82 Å². The summed E-state index contributed by atoms with van der Waals surface area (Å²) in [7, 11) is -0.999. The van der Waals surface area contributed by atoms with Gasteiger partial charge in [-0.2, -0.15) is 0 Å². The molecule has 3 rings (SSSR count). The number of benzene rings is 1. The Labute approximate surface area is 162 Å². The predicted molar refractivity (Wildman–Crippen MR) is 107 cm³/mol. The summed E-state index contributed by atoms with van der Waals surface area (Å²) in [6, 6.07) is 6.62. The van der Waals surface area contributed by atoms with Crippen LogP contribution < -0.4 is 21.0 Å². The van der Waals surface area contributed by atoms with Crippen LogP contribution in [0, 0.1) is 12.8 Å². The third-order valence-electron chi connectivity index (χ3n) is 5.71. The summed E-state index contributed by atoms with van der Waals surface area (Å²) < 4.78 is 5.65. The summed E-state index contributed by atoms with van der Waals surface area (Å²) in [5.41, 5.74) is 7.83. The van der Waals surface area contributed by atoms with Crippen LogP contribution in [-0.2, 0) is 11.2 Å². The molecule has 0 unspecified atom stereocenters.